The first-order valence-corrected chi connectivity index (χ1v) is 6.91. The molecule has 0 radical (unpaired) electrons. The minimum atomic E-state index is -1.39. The highest BCUT2D eigenvalue weighted by atomic mass is 32.2. The Labute approximate surface area is 114 Å². The molecule has 1 aromatic heterocycles. The fraction of sp³-hybridized carbons (Fsp3) is 0.417. The van der Waals surface area contributed by atoms with Gasteiger partial charge in [-0.25, -0.2) is 4.98 Å². The van der Waals surface area contributed by atoms with Crippen LogP contribution in [-0.4, -0.2) is 26.5 Å². The minimum Gasteiger partial charge on any atom is -0.471 e. The van der Waals surface area contributed by atoms with Crippen molar-refractivity contribution in [2.45, 2.75) is 31.3 Å². The van der Waals surface area contributed by atoms with Gasteiger partial charge >= 0.3 is 0 Å². The number of nitriles is 1. The molecule has 2 N–H and O–H groups in total. The fourth-order valence-corrected chi connectivity index (χ4v) is 2.24. The summed E-state index contributed by atoms with van der Waals surface area (Å²) in [6.45, 7) is 4.89. The van der Waals surface area contributed by atoms with Gasteiger partial charge in [0.2, 0.25) is 0 Å². The van der Waals surface area contributed by atoms with Crippen molar-refractivity contribution in [3.8, 4) is 11.8 Å². The van der Waals surface area contributed by atoms with E-state index in [2.05, 4.69) is 4.98 Å². The van der Waals surface area contributed by atoms with Gasteiger partial charge in [0.05, 0.1) is 21.9 Å². The average Bonchev–Trinajstić information content (AvgIpc) is 2.37. The van der Waals surface area contributed by atoms with Crippen LogP contribution in [0.1, 0.15) is 31.3 Å². The Morgan fingerprint density at radius 1 is 1.63 bits per heavy atom. The number of amides is 1. The molecular weight excluding hydrogens is 266 g/mol. The molecule has 1 amide bonds. The second-order valence-electron chi connectivity index (χ2n) is 4.24. The summed E-state index contributed by atoms with van der Waals surface area (Å²) < 4.78 is 17.3. The third kappa shape index (κ3) is 3.76. The van der Waals surface area contributed by atoms with Crippen molar-refractivity contribution in [3.63, 3.8) is 0 Å². The normalized spacial score (nSPS) is 12.5. The number of pyridine rings is 1. The Balaban J connectivity index is 3.23. The average molecular weight is 281 g/mol. The first-order chi connectivity index (χ1) is 8.80. The van der Waals surface area contributed by atoms with Gasteiger partial charge in [0.25, 0.3) is 5.91 Å². The highest BCUT2D eigenvalue weighted by Crippen LogP contribution is 2.22. The summed E-state index contributed by atoms with van der Waals surface area (Å²) in [7, 11) is -1.39. The van der Waals surface area contributed by atoms with Crippen LogP contribution in [0.3, 0.4) is 0 Å². The molecule has 0 unspecified atom stereocenters. The first kappa shape index (κ1) is 15.1. The van der Waals surface area contributed by atoms with Gasteiger partial charge in [-0.2, -0.15) is 5.26 Å². The summed E-state index contributed by atoms with van der Waals surface area (Å²) >= 11 is 0. The summed E-state index contributed by atoms with van der Waals surface area (Å²) in [5.41, 5.74) is 4.10. The van der Waals surface area contributed by atoms with Crippen LogP contribution in [0.15, 0.2) is 17.2 Å². The van der Waals surface area contributed by atoms with E-state index in [-0.39, 0.29) is 16.3 Å². The van der Waals surface area contributed by atoms with Crippen LogP contribution in [0.5, 0.6) is 5.75 Å². The van der Waals surface area contributed by atoms with Crippen LogP contribution in [-0.2, 0) is 10.8 Å². The lowest BCUT2D eigenvalue weighted by Gasteiger charge is -2.18. The Kier molecular flexibility index (Phi) is 4.62. The molecule has 19 heavy (non-hydrogen) atoms. The molecule has 1 rings (SSSR count). The topological polar surface area (TPSA) is 106 Å². The van der Waals surface area contributed by atoms with E-state index in [4.69, 9.17) is 15.7 Å². The maximum Gasteiger partial charge on any atom is 0.268 e. The highest BCUT2D eigenvalue weighted by molar-refractivity contribution is 7.85. The molecule has 0 bridgehead atoms. The number of aromatic nitrogens is 1. The van der Waals surface area contributed by atoms with Crippen molar-refractivity contribution in [2.75, 3.05) is 5.75 Å². The molecular formula is C12H15N3O3S. The predicted octanol–water partition coefficient (Wildman–Crippen LogP) is 0.989. The summed E-state index contributed by atoms with van der Waals surface area (Å²) in [6.07, 6.45) is 1.29. The van der Waals surface area contributed by atoms with Crippen LogP contribution in [0, 0.1) is 11.3 Å². The van der Waals surface area contributed by atoms with Gasteiger partial charge in [-0.05, 0) is 13.8 Å². The summed E-state index contributed by atoms with van der Waals surface area (Å²) in [5.74, 6) is -0.149. The number of nitrogens with zero attached hydrogens (tertiary/aromatic N) is 2. The van der Waals surface area contributed by atoms with Crippen molar-refractivity contribution < 1.29 is 13.7 Å². The van der Waals surface area contributed by atoms with Gasteiger partial charge in [0.1, 0.15) is 17.5 Å². The molecule has 102 valence electrons. The second-order valence-corrected chi connectivity index (χ2v) is 5.95. The lowest BCUT2D eigenvalue weighted by molar-refractivity contribution is 0.0992. The van der Waals surface area contributed by atoms with Gasteiger partial charge in [-0.15, -0.1) is 0 Å². The van der Waals surface area contributed by atoms with Crippen molar-refractivity contribution >= 4 is 16.7 Å². The number of carbonyl (C=O) groups excluding carboxylic acids is 1. The number of carbonyl (C=O) groups is 1. The molecule has 0 aromatic carbocycles. The summed E-state index contributed by atoms with van der Waals surface area (Å²) in [5, 5.41) is 8.89. The van der Waals surface area contributed by atoms with E-state index in [0.29, 0.717) is 5.75 Å². The number of hydrogen-bond donors (Lipinski definition) is 1. The number of nitrogens with two attached hydrogens (primary N) is 1. The lowest BCUT2D eigenvalue weighted by atomic mass is 10.2. The monoisotopic (exact) mass is 281 g/mol. The van der Waals surface area contributed by atoms with E-state index in [1.165, 1.54) is 12.3 Å². The maximum absolute atomic E-state index is 11.9. The van der Waals surface area contributed by atoms with Gasteiger partial charge in [0.15, 0.2) is 5.60 Å². The molecule has 1 aromatic rings. The molecule has 7 heteroatoms. The van der Waals surface area contributed by atoms with Crippen LogP contribution in [0.4, 0.5) is 0 Å². The summed E-state index contributed by atoms with van der Waals surface area (Å²) in [4.78, 5) is 15.3. The lowest BCUT2D eigenvalue weighted by Crippen LogP contribution is -2.26. The molecule has 0 saturated carbocycles. The fourth-order valence-electron chi connectivity index (χ4n) is 1.31. The van der Waals surface area contributed by atoms with Crippen molar-refractivity contribution in [3.05, 3.63) is 18.0 Å². The predicted molar refractivity (Wildman–Crippen MR) is 70.0 cm³/mol. The Bertz CT molecular complexity index is 564. The van der Waals surface area contributed by atoms with E-state index >= 15 is 0 Å². The highest BCUT2D eigenvalue weighted by Gasteiger charge is 2.21. The minimum absolute atomic E-state index is 0.0395. The quantitative estimate of drug-likeness (QED) is 0.866. The van der Waals surface area contributed by atoms with E-state index in [1.54, 1.807) is 20.8 Å². The van der Waals surface area contributed by atoms with Gasteiger partial charge in [-0.1, -0.05) is 6.92 Å². The SMILES string of the molecule is CC[S@@](=O)c1cc(OC(C)(C)C#N)cnc1C(N)=O. The van der Waals surface area contributed by atoms with E-state index in [9.17, 15) is 9.00 Å². The second kappa shape index (κ2) is 5.80. The molecule has 0 spiro atoms. The van der Waals surface area contributed by atoms with Gasteiger partial charge in [0, 0.05) is 11.8 Å². The van der Waals surface area contributed by atoms with Crippen molar-refractivity contribution in [1.29, 1.82) is 5.26 Å². The smallest absolute Gasteiger partial charge is 0.268 e. The molecule has 0 aliphatic rings. The molecule has 1 atom stereocenters. The largest absolute Gasteiger partial charge is 0.471 e. The van der Waals surface area contributed by atoms with Crippen LogP contribution in [0.2, 0.25) is 0 Å². The first-order valence-electron chi connectivity index (χ1n) is 5.59. The molecule has 6 nitrogen and oxygen atoms in total. The maximum atomic E-state index is 11.9. The van der Waals surface area contributed by atoms with Crippen LogP contribution < -0.4 is 10.5 Å². The zero-order chi connectivity index (χ0) is 14.6. The van der Waals surface area contributed by atoms with Crippen molar-refractivity contribution in [1.82, 2.24) is 4.98 Å². The Morgan fingerprint density at radius 2 is 2.26 bits per heavy atom. The molecule has 0 aliphatic heterocycles. The zero-order valence-corrected chi connectivity index (χ0v) is 11.8. The molecule has 0 fully saturated rings. The van der Waals surface area contributed by atoms with Crippen molar-refractivity contribution in [2.24, 2.45) is 5.73 Å². The number of rotatable bonds is 5. The van der Waals surface area contributed by atoms with E-state index in [1.807, 2.05) is 6.07 Å². The summed E-state index contributed by atoms with van der Waals surface area (Å²) in [6, 6.07) is 3.41. The van der Waals surface area contributed by atoms with E-state index in [0.717, 1.165) is 0 Å². The van der Waals surface area contributed by atoms with Crippen LogP contribution in [0.25, 0.3) is 0 Å². The van der Waals surface area contributed by atoms with Gasteiger partial charge < -0.3 is 10.5 Å². The van der Waals surface area contributed by atoms with Crippen LogP contribution >= 0.6 is 0 Å². The third-order valence-corrected chi connectivity index (χ3v) is 3.54. The number of hydrogen-bond acceptors (Lipinski definition) is 5. The third-order valence-electron chi connectivity index (χ3n) is 2.21. The molecule has 0 saturated heterocycles. The zero-order valence-electron chi connectivity index (χ0n) is 11.0. The number of primary amides is 1. The van der Waals surface area contributed by atoms with Gasteiger partial charge in [-0.3, -0.25) is 9.00 Å². The Morgan fingerprint density at radius 3 is 2.74 bits per heavy atom. The standard InChI is InChI=1S/C12H15N3O3S/c1-4-19(17)9-5-8(18-12(2,3)7-13)6-15-10(9)11(14)16/h5-6H,4H2,1-3H3,(H2,14,16)/t19-/m1/s1. The van der Waals surface area contributed by atoms with E-state index < -0.39 is 22.3 Å². The number of ether oxygens (including phenoxy) is 1. The molecule has 0 aliphatic carbocycles. The Hall–Kier alpha value is -1.94. The molecule has 1 heterocycles.